The fraction of sp³-hybridized carbons (Fsp3) is 0.615. The van der Waals surface area contributed by atoms with Crippen LogP contribution in [-0.4, -0.2) is 0 Å². The monoisotopic (exact) mass is 192 g/mol. The Bertz CT molecular complexity index is 274. The highest BCUT2D eigenvalue weighted by Crippen LogP contribution is 2.18. The van der Waals surface area contributed by atoms with Gasteiger partial charge in [0.2, 0.25) is 0 Å². The van der Waals surface area contributed by atoms with Gasteiger partial charge in [-0.2, -0.15) is 0 Å². The molecule has 1 heterocycles. The summed E-state index contributed by atoms with van der Waals surface area (Å²) in [6.45, 7) is 12.2. The first-order valence-electron chi connectivity index (χ1n) is 5.58. The number of nitrogens with zero attached hydrogens (tertiary/aromatic N) is 1. The molecule has 0 amide bonds. The van der Waals surface area contributed by atoms with Gasteiger partial charge < -0.3 is 0 Å². The molecule has 0 saturated carbocycles. The van der Waals surface area contributed by atoms with Crippen LogP contribution in [0.15, 0.2) is 18.5 Å². The molecule has 1 rings (SSSR count). The average Bonchev–Trinajstić information content (AvgIpc) is 2.16. The van der Waals surface area contributed by atoms with E-state index in [-0.39, 0.29) is 0 Å². The van der Waals surface area contributed by atoms with Crippen molar-refractivity contribution < 1.29 is 4.57 Å². The molecule has 78 valence electrons. The van der Waals surface area contributed by atoms with Crippen LogP contribution in [0.3, 0.4) is 0 Å². The van der Waals surface area contributed by atoms with E-state index in [1.54, 1.807) is 0 Å². The molecule has 0 N–H and O–H groups in total. The van der Waals surface area contributed by atoms with Gasteiger partial charge in [0.05, 0.1) is 0 Å². The third kappa shape index (κ3) is 2.57. The largest absolute Gasteiger partial charge is 0.205 e. The van der Waals surface area contributed by atoms with Crippen LogP contribution in [0.1, 0.15) is 57.6 Å². The summed E-state index contributed by atoms with van der Waals surface area (Å²) in [5.41, 5.74) is 2.89. The summed E-state index contributed by atoms with van der Waals surface area (Å²) >= 11 is 0. The molecule has 0 aromatic carbocycles. The van der Waals surface area contributed by atoms with Gasteiger partial charge in [-0.1, -0.05) is 27.7 Å². The van der Waals surface area contributed by atoms with E-state index in [1.165, 1.54) is 11.1 Å². The summed E-state index contributed by atoms with van der Waals surface area (Å²) in [7, 11) is 0. The molecule has 0 unspecified atom stereocenters. The molecule has 0 bridgehead atoms. The molecular formula is C13H22N+. The minimum absolute atomic E-state index is 0.617. The van der Waals surface area contributed by atoms with E-state index in [1.807, 2.05) is 0 Å². The van der Waals surface area contributed by atoms with Crippen LogP contribution in [0.2, 0.25) is 0 Å². The molecule has 0 saturated heterocycles. The molecule has 0 radical (unpaired) electrons. The van der Waals surface area contributed by atoms with Crippen LogP contribution in [0.25, 0.3) is 0 Å². The van der Waals surface area contributed by atoms with Gasteiger partial charge in [-0.15, -0.1) is 0 Å². The summed E-state index contributed by atoms with van der Waals surface area (Å²) < 4.78 is 2.28. The van der Waals surface area contributed by atoms with Crippen molar-refractivity contribution in [2.75, 3.05) is 0 Å². The second-order valence-corrected chi connectivity index (χ2v) is 4.54. The van der Waals surface area contributed by atoms with E-state index >= 15 is 0 Å². The molecule has 0 aliphatic rings. The number of aromatic nitrogens is 1. The normalized spacial score (nSPS) is 11.4. The minimum Gasteiger partial charge on any atom is -0.205 e. The van der Waals surface area contributed by atoms with Gasteiger partial charge in [-0.05, 0) is 24.8 Å². The van der Waals surface area contributed by atoms with Gasteiger partial charge in [-0.25, -0.2) is 4.57 Å². The topological polar surface area (TPSA) is 3.88 Å². The van der Waals surface area contributed by atoms with Gasteiger partial charge in [0, 0.05) is 11.1 Å². The lowest BCUT2D eigenvalue weighted by molar-refractivity contribution is -0.694. The molecule has 1 aromatic heterocycles. The first kappa shape index (κ1) is 11.2. The third-order valence-corrected chi connectivity index (χ3v) is 2.66. The van der Waals surface area contributed by atoms with Gasteiger partial charge in [0.1, 0.15) is 6.54 Å². The summed E-state index contributed by atoms with van der Waals surface area (Å²) in [4.78, 5) is 0. The Labute approximate surface area is 87.8 Å². The van der Waals surface area contributed by atoms with Crippen molar-refractivity contribution in [3.8, 4) is 0 Å². The van der Waals surface area contributed by atoms with Crippen LogP contribution < -0.4 is 4.57 Å². The van der Waals surface area contributed by atoms with Gasteiger partial charge >= 0.3 is 0 Å². The molecule has 1 aromatic rings. The van der Waals surface area contributed by atoms with Crippen molar-refractivity contribution in [1.82, 2.24) is 0 Å². The van der Waals surface area contributed by atoms with Crippen molar-refractivity contribution in [2.24, 2.45) is 0 Å². The van der Waals surface area contributed by atoms with E-state index in [2.05, 4.69) is 57.6 Å². The van der Waals surface area contributed by atoms with Crippen molar-refractivity contribution in [1.29, 1.82) is 0 Å². The standard InChI is InChI=1S/C13H22N/c1-6-14-8-12(10(2)3)7-13(9-14)11(4)5/h7-11H,6H2,1-5H3/q+1. The second-order valence-electron chi connectivity index (χ2n) is 4.54. The Balaban J connectivity index is 3.13. The van der Waals surface area contributed by atoms with Crippen molar-refractivity contribution in [3.05, 3.63) is 29.6 Å². The number of aryl methyl sites for hydroxylation is 1. The third-order valence-electron chi connectivity index (χ3n) is 2.66. The highest BCUT2D eigenvalue weighted by atomic mass is 14.9. The minimum atomic E-state index is 0.617. The summed E-state index contributed by atoms with van der Waals surface area (Å²) in [5.74, 6) is 1.23. The zero-order valence-corrected chi connectivity index (χ0v) is 10.0. The summed E-state index contributed by atoms with van der Waals surface area (Å²) in [6.07, 6.45) is 4.52. The molecular weight excluding hydrogens is 170 g/mol. The lowest BCUT2D eigenvalue weighted by Gasteiger charge is -2.09. The van der Waals surface area contributed by atoms with Crippen LogP contribution in [0, 0.1) is 0 Å². The molecule has 1 heteroatoms. The van der Waals surface area contributed by atoms with E-state index in [4.69, 9.17) is 0 Å². The lowest BCUT2D eigenvalue weighted by atomic mass is 9.99. The lowest BCUT2D eigenvalue weighted by Crippen LogP contribution is -2.33. The number of pyridine rings is 1. The first-order chi connectivity index (χ1) is 6.54. The van der Waals surface area contributed by atoms with Crippen molar-refractivity contribution in [2.45, 2.75) is 53.0 Å². The predicted molar refractivity (Wildman–Crippen MR) is 60.5 cm³/mol. The summed E-state index contributed by atoms with van der Waals surface area (Å²) in [5, 5.41) is 0. The Hall–Kier alpha value is -0.850. The number of rotatable bonds is 3. The van der Waals surface area contributed by atoms with Crippen LogP contribution in [0.5, 0.6) is 0 Å². The molecule has 0 fully saturated rings. The molecule has 0 atom stereocenters. The molecule has 14 heavy (non-hydrogen) atoms. The average molecular weight is 192 g/mol. The van der Waals surface area contributed by atoms with Gasteiger partial charge in [0.25, 0.3) is 0 Å². The quantitative estimate of drug-likeness (QED) is 0.647. The fourth-order valence-corrected chi connectivity index (χ4v) is 1.50. The second kappa shape index (κ2) is 4.59. The molecule has 0 aliphatic carbocycles. The first-order valence-corrected chi connectivity index (χ1v) is 5.58. The van der Waals surface area contributed by atoms with Crippen LogP contribution >= 0.6 is 0 Å². The summed E-state index contributed by atoms with van der Waals surface area (Å²) in [6, 6.07) is 2.33. The Morgan fingerprint density at radius 1 is 1.00 bits per heavy atom. The smallest absolute Gasteiger partial charge is 0.172 e. The highest BCUT2D eigenvalue weighted by Gasteiger charge is 2.10. The van der Waals surface area contributed by atoms with E-state index in [0.29, 0.717) is 11.8 Å². The molecule has 0 aliphatic heterocycles. The Morgan fingerprint density at radius 3 is 1.71 bits per heavy atom. The van der Waals surface area contributed by atoms with Gasteiger partial charge in [0.15, 0.2) is 12.4 Å². The van der Waals surface area contributed by atoms with E-state index in [9.17, 15) is 0 Å². The maximum atomic E-state index is 2.33. The highest BCUT2D eigenvalue weighted by molar-refractivity contribution is 5.20. The van der Waals surface area contributed by atoms with E-state index in [0.717, 1.165) is 6.54 Å². The zero-order chi connectivity index (χ0) is 10.7. The van der Waals surface area contributed by atoms with Gasteiger partial charge in [-0.3, -0.25) is 0 Å². The molecule has 0 spiro atoms. The fourth-order valence-electron chi connectivity index (χ4n) is 1.50. The number of hydrogen-bond donors (Lipinski definition) is 0. The van der Waals surface area contributed by atoms with Crippen LogP contribution in [-0.2, 0) is 6.54 Å². The number of hydrogen-bond acceptors (Lipinski definition) is 0. The SMILES string of the molecule is CC[n+]1cc(C(C)C)cc(C(C)C)c1. The zero-order valence-electron chi connectivity index (χ0n) is 10.0. The maximum absolute atomic E-state index is 2.33. The Morgan fingerprint density at radius 2 is 1.43 bits per heavy atom. The Kier molecular flexibility index (Phi) is 3.68. The van der Waals surface area contributed by atoms with Crippen LogP contribution in [0.4, 0.5) is 0 Å². The van der Waals surface area contributed by atoms with Crippen molar-refractivity contribution >= 4 is 0 Å². The molecule has 1 nitrogen and oxygen atoms in total. The maximum Gasteiger partial charge on any atom is 0.172 e. The predicted octanol–water partition coefficient (Wildman–Crippen LogP) is 3.24. The van der Waals surface area contributed by atoms with E-state index < -0.39 is 0 Å². The van der Waals surface area contributed by atoms with Crippen molar-refractivity contribution in [3.63, 3.8) is 0 Å².